The summed E-state index contributed by atoms with van der Waals surface area (Å²) in [6, 6.07) is 0. The van der Waals surface area contributed by atoms with Crippen LogP contribution in [0.1, 0.15) is 187 Å². The zero-order chi connectivity index (χ0) is 38.4. The molecule has 0 bridgehead atoms. The van der Waals surface area contributed by atoms with E-state index in [4.69, 9.17) is 18.5 Å². The van der Waals surface area contributed by atoms with Gasteiger partial charge in [0.1, 0.15) is 19.8 Å². The Kier molecular flexibility index (Phi) is 28.0. The van der Waals surface area contributed by atoms with Gasteiger partial charge in [-0.25, -0.2) is 0 Å². The number of quaternary nitrogens is 1. The van der Waals surface area contributed by atoms with Crippen LogP contribution in [0.5, 0.6) is 0 Å². The molecule has 0 N–H and O–H groups in total. The molecule has 0 saturated carbocycles. The molecule has 1 rings (SSSR count). The van der Waals surface area contributed by atoms with Gasteiger partial charge in [0, 0.05) is 12.8 Å². The van der Waals surface area contributed by atoms with Crippen LogP contribution < -0.4 is 4.89 Å². The SMILES string of the molecule is CCCCCCCCCCCCCCCCCC(=O)OCC(COP(=O)([O-])OCC[N+](C)(C)C)OC(=O)CCCC1(CCCCCCCCC)N=N1. The fourth-order valence-corrected chi connectivity index (χ4v) is 6.90. The number of nitrogens with zero attached hydrogens (tertiary/aromatic N) is 3. The first-order valence-electron chi connectivity index (χ1n) is 21.1. The van der Waals surface area contributed by atoms with Gasteiger partial charge >= 0.3 is 11.9 Å². The van der Waals surface area contributed by atoms with E-state index >= 15 is 0 Å². The van der Waals surface area contributed by atoms with E-state index in [1.165, 1.54) is 116 Å². The van der Waals surface area contributed by atoms with Crippen LogP contribution in [0.2, 0.25) is 0 Å². The molecular formula is C40H78N3O8P. The number of rotatable bonds is 38. The number of phosphoric acid groups is 1. The molecule has 0 spiro atoms. The van der Waals surface area contributed by atoms with Crippen molar-refractivity contribution in [1.82, 2.24) is 0 Å². The first-order valence-corrected chi connectivity index (χ1v) is 22.6. The Labute approximate surface area is 318 Å². The molecule has 0 radical (unpaired) electrons. The molecule has 306 valence electrons. The highest BCUT2D eigenvalue weighted by atomic mass is 31.2. The average molecular weight is 760 g/mol. The first kappa shape index (κ1) is 48.6. The summed E-state index contributed by atoms with van der Waals surface area (Å²) >= 11 is 0. The Hall–Kier alpha value is -1.39. The highest BCUT2D eigenvalue weighted by Crippen LogP contribution is 2.39. The standard InChI is InChI=1S/C40H78N3O8P/c1-6-8-10-12-14-15-16-17-18-19-20-21-22-24-26-29-38(44)48-35-37(36-50-52(46,47)49-34-33-43(3,4)5)51-39(45)30-28-32-40(41-42-40)31-27-25-23-13-11-9-7-2/h37H,6-36H2,1-5H3. The Bertz CT molecular complexity index is 984. The maximum Gasteiger partial charge on any atom is 0.306 e. The van der Waals surface area contributed by atoms with Gasteiger partial charge in [0.15, 0.2) is 11.8 Å². The fourth-order valence-electron chi connectivity index (χ4n) is 6.17. The summed E-state index contributed by atoms with van der Waals surface area (Å²) in [7, 11) is 1.12. The monoisotopic (exact) mass is 760 g/mol. The van der Waals surface area contributed by atoms with Crippen molar-refractivity contribution in [2.75, 3.05) is 47.5 Å². The van der Waals surface area contributed by atoms with Crippen molar-refractivity contribution in [2.24, 2.45) is 10.2 Å². The van der Waals surface area contributed by atoms with Crippen molar-refractivity contribution in [3.8, 4) is 0 Å². The van der Waals surface area contributed by atoms with E-state index < -0.39 is 32.5 Å². The lowest BCUT2D eigenvalue weighted by Gasteiger charge is -2.28. The highest BCUT2D eigenvalue weighted by molar-refractivity contribution is 7.45. The molecule has 0 fully saturated rings. The number of likely N-dealkylation sites (N-methyl/N-ethyl adjacent to an activating group) is 1. The molecule has 0 aromatic rings. The van der Waals surface area contributed by atoms with Gasteiger partial charge in [0.2, 0.25) is 0 Å². The fraction of sp³-hybridized carbons (Fsp3) is 0.950. The van der Waals surface area contributed by atoms with E-state index in [-0.39, 0.29) is 31.7 Å². The summed E-state index contributed by atoms with van der Waals surface area (Å²) < 4.78 is 33.9. The smallest absolute Gasteiger partial charge is 0.306 e. The number of esters is 2. The summed E-state index contributed by atoms with van der Waals surface area (Å²) in [5.41, 5.74) is -0.368. The maximum absolute atomic E-state index is 12.8. The number of phosphoric ester groups is 1. The quantitative estimate of drug-likeness (QED) is 0.0263. The third-order valence-corrected chi connectivity index (χ3v) is 10.6. The molecular weight excluding hydrogens is 681 g/mol. The summed E-state index contributed by atoms with van der Waals surface area (Å²) in [4.78, 5) is 37.6. The van der Waals surface area contributed by atoms with Gasteiger partial charge in [-0.05, 0) is 32.1 Å². The van der Waals surface area contributed by atoms with Crippen LogP contribution in [0.3, 0.4) is 0 Å². The molecule has 0 aromatic heterocycles. The van der Waals surface area contributed by atoms with Crippen molar-refractivity contribution in [1.29, 1.82) is 0 Å². The van der Waals surface area contributed by atoms with Gasteiger partial charge in [-0.2, -0.15) is 10.2 Å². The third-order valence-electron chi connectivity index (χ3n) is 9.66. The molecule has 0 amide bonds. The van der Waals surface area contributed by atoms with Gasteiger partial charge in [0.25, 0.3) is 7.82 Å². The molecule has 12 heteroatoms. The second-order valence-electron chi connectivity index (χ2n) is 16.0. The van der Waals surface area contributed by atoms with Crippen molar-refractivity contribution in [2.45, 2.75) is 199 Å². The molecule has 0 aromatic carbocycles. The minimum absolute atomic E-state index is 0.0420. The molecule has 1 aliphatic rings. The second kappa shape index (κ2) is 29.9. The molecule has 1 aliphatic heterocycles. The van der Waals surface area contributed by atoms with E-state index in [1.54, 1.807) is 0 Å². The molecule has 2 unspecified atom stereocenters. The van der Waals surface area contributed by atoms with Crippen molar-refractivity contribution in [3.63, 3.8) is 0 Å². The van der Waals surface area contributed by atoms with Crippen LogP contribution >= 0.6 is 7.82 Å². The van der Waals surface area contributed by atoms with Gasteiger partial charge in [-0.3, -0.25) is 14.2 Å². The maximum atomic E-state index is 12.8. The lowest BCUT2D eigenvalue weighted by atomic mass is 9.98. The minimum atomic E-state index is -4.64. The summed E-state index contributed by atoms with van der Waals surface area (Å²) in [6.07, 6.45) is 28.7. The van der Waals surface area contributed by atoms with Crippen LogP contribution in [0, 0.1) is 0 Å². The van der Waals surface area contributed by atoms with Crippen LogP contribution in [-0.4, -0.2) is 75.7 Å². The van der Waals surface area contributed by atoms with Crippen molar-refractivity contribution >= 4 is 19.8 Å². The van der Waals surface area contributed by atoms with Crippen LogP contribution in [0.25, 0.3) is 0 Å². The predicted molar refractivity (Wildman–Crippen MR) is 207 cm³/mol. The normalized spacial score (nSPS) is 15.3. The summed E-state index contributed by atoms with van der Waals surface area (Å²) in [6.45, 7) is 4.12. The second-order valence-corrected chi connectivity index (χ2v) is 17.4. The third kappa shape index (κ3) is 30.0. The largest absolute Gasteiger partial charge is 0.756 e. The number of unbranched alkanes of at least 4 members (excludes halogenated alkanes) is 20. The zero-order valence-corrected chi connectivity index (χ0v) is 34.9. The lowest BCUT2D eigenvalue weighted by molar-refractivity contribution is -0.870. The minimum Gasteiger partial charge on any atom is -0.756 e. The summed E-state index contributed by atoms with van der Waals surface area (Å²) in [5, 5.41) is 8.54. The van der Waals surface area contributed by atoms with Gasteiger partial charge in [0.05, 0.1) is 27.7 Å². The van der Waals surface area contributed by atoms with Crippen LogP contribution in [-0.2, 0) is 32.7 Å². The van der Waals surface area contributed by atoms with Gasteiger partial charge < -0.3 is 27.9 Å². The van der Waals surface area contributed by atoms with E-state index in [2.05, 4.69) is 24.1 Å². The van der Waals surface area contributed by atoms with Crippen molar-refractivity contribution < 1.29 is 42.1 Å². The number of hydrogen-bond acceptors (Lipinski definition) is 10. The lowest BCUT2D eigenvalue weighted by Crippen LogP contribution is -2.37. The molecule has 0 aliphatic carbocycles. The van der Waals surface area contributed by atoms with E-state index in [1.807, 2.05) is 21.1 Å². The molecule has 2 atom stereocenters. The van der Waals surface area contributed by atoms with E-state index in [9.17, 15) is 19.0 Å². The molecule has 1 heterocycles. The summed E-state index contributed by atoms with van der Waals surface area (Å²) in [5.74, 6) is -0.907. The number of carbonyl (C=O) groups is 2. The number of ether oxygens (including phenoxy) is 2. The van der Waals surface area contributed by atoms with Crippen molar-refractivity contribution in [3.05, 3.63) is 0 Å². The predicted octanol–water partition coefficient (Wildman–Crippen LogP) is 10.4. The molecule has 52 heavy (non-hydrogen) atoms. The Morgan fingerprint density at radius 2 is 1.06 bits per heavy atom. The molecule has 11 nitrogen and oxygen atoms in total. The number of carbonyl (C=O) groups excluding carboxylic acids is 2. The topological polar surface area (TPSA) is 136 Å². The number of hydrogen-bond donors (Lipinski definition) is 0. The van der Waals surface area contributed by atoms with Gasteiger partial charge in [-0.1, -0.05) is 142 Å². The molecule has 0 saturated heterocycles. The van der Waals surface area contributed by atoms with E-state index in [0.29, 0.717) is 23.9 Å². The van der Waals surface area contributed by atoms with Crippen LogP contribution in [0.4, 0.5) is 0 Å². The Morgan fingerprint density at radius 3 is 1.54 bits per heavy atom. The van der Waals surface area contributed by atoms with Crippen LogP contribution in [0.15, 0.2) is 10.2 Å². The zero-order valence-electron chi connectivity index (χ0n) is 34.1. The Balaban J connectivity index is 2.35. The first-order chi connectivity index (χ1) is 24.9. The van der Waals surface area contributed by atoms with E-state index in [0.717, 1.165) is 32.1 Å². The average Bonchev–Trinajstić information content (AvgIpc) is 3.86. The van der Waals surface area contributed by atoms with Gasteiger partial charge in [-0.15, -0.1) is 0 Å². The highest BCUT2D eigenvalue weighted by Gasteiger charge is 2.38. The Morgan fingerprint density at radius 1 is 0.615 bits per heavy atom.